The molecule has 2 aromatic carbocycles. The van der Waals surface area contributed by atoms with Crippen LogP contribution in [0.2, 0.25) is 0 Å². The summed E-state index contributed by atoms with van der Waals surface area (Å²) in [6, 6.07) is 7.98. The van der Waals surface area contributed by atoms with E-state index in [2.05, 4.69) is 10.6 Å². The van der Waals surface area contributed by atoms with Crippen LogP contribution >= 0.6 is 0 Å². The number of amides is 3. The Hall–Kier alpha value is -3.31. The first-order chi connectivity index (χ1) is 18.5. The fraction of sp³-hybridized carbons (Fsp3) is 0.464. The molecule has 1 heterocycles. The van der Waals surface area contributed by atoms with Crippen LogP contribution in [0.4, 0.5) is 4.39 Å². The number of likely N-dealkylation sites (tertiary alicyclic amines) is 1. The van der Waals surface area contributed by atoms with Crippen molar-refractivity contribution in [2.24, 2.45) is 5.92 Å². The number of rotatable bonds is 9. The minimum atomic E-state index is -4.62. The van der Waals surface area contributed by atoms with E-state index >= 15 is 0 Å². The molecule has 0 saturated carbocycles. The van der Waals surface area contributed by atoms with E-state index in [1.165, 1.54) is 35.2 Å². The molecule has 0 bridgehead atoms. The van der Waals surface area contributed by atoms with Crippen LogP contribution in [0.3, 0.4) is 0 Å². The lowest BCUT2D eigenvalue weighted by Crippen LogP contribution is -2.55. The third-order valence-corrected chi connectivity index (χ3v) is 8.54. The van der Waals surface area contributed by atoms with E-state index in [-0.39, 0.29) is 40.9 Å². The lowest BCUT2D eigenvalue weighted by Gasteiger charge is -2.30. The number of carbonyl (C=O) groups is 3. The number of carbonyl (C=O) groups excluding carboxylic acids is 3. The van der Waals surface area contributed by atoms with Crippen molar-refractivity contribution < 1.29 is 31.7 Å². The molecule has 1 saturated heterocycles. The molecule has 0 aromatic heterocycles. The number of nitrogens with zero attached hydrogens (tertiary/aromatic N) is 1. The molecular weight excluding hydrogens is 525 g/mol. The zero-order valence-corrected chi connectivity index (χ0v) is 22.8. The van der Waals surface area contributed by atoms with Crippen molar-refractivity contribution in [1.82, 2.24) is 15.5 Å². The minimum Gasteiger partial charge on any atom is -0.744 e. The normalized spacial score (nSPS) is 20.3. The number of nitrogens with one attached hydrogen (secondary N) is 2. The highest BCUT2D eigenvalue weighted by molar-refractivity contribution is 7.85. The summed E-state index contributed by atoms with van der Waals surface area (Å²) in [5, 5.41) is 5.80. The van der Waals surface area contributed by atoms with Gasteiger partial charge in [0.2, 0.25) is 17.7 Å². The van der Waals surface area contributed by atoms with Gasteiger partial charge in [-0.05, 0) is 67.0 Å². The Morgan fingerprint density at radius 3 is 2.51 bits per heavy atom. The summed E-state index contributed by atoms with van der Waals surface area (Å²) in [6.45, 7) is 3.95. The molecule has 2 aliphatic rings. The molecule has 210 valence electrons. The lowest BCUT2D eigenvalue weighted by molar-refractivity contribution is -0.142. The van der Waals surface area contributed by atoms with Crippen LogP contribution in [0.5, 0.6) is 0 Å². The van der Waals surface area contributed by atoms with Gasteiger partial charge in [0.05, 0.1) is 10.9 Å². The summed E-state index contributed by atoms with van der Waals surface area (Å²) in [5.41, 5.74) is 1.90. The number of hydrogen-bond acceptors (Lipinski definition) is 6. The van der Waals surface area contributed by atoms with Gasteiger partial charge >= 0.3 is 0 Å². The predicted octanol–water partition coefficient (Wildman–Crippen LogP) is 2.60. The topological polar surface area (TPSA) is 136 Å². The zero-order chi connectivity index (χ0) is 28.3. The summed E-state index contributed by atoms with van der Waals surface area (Å²) < 4.78 is 48.0. The van der Waals surface area contributed by atoms with Gasteiger partial charge in [0, 0.05) is 18.9 Å². The quantitative estimate of drug-likeness (QED) is 0.454. The Kier molecular flexibility index (Phi) is 8.70. The van der Waals surface area contributed by atoms with Gasteiger partial charge in [0.15, 0.2) is 0 Å². The van der Waals surface area contributed by atoms with E-state index < -0.39 is 28.1 Å². The number of hydrogen-bond donors (Lipinski definition) is 2. The molecule has 0 radical (unpaired) electrons. The molecule has 0 spiro atoms. The van der Waals surface area contributed by atoms with Crippen LogP contribution in [-0.4, -0.2) is 54.2 Å². The third-order valence-electron chi connectivity index (χ3n) is 7.69. The fourth-order valence-corrected chi connectivity index (χ4v) is 5.73. The SMILES string of the molecule is CC[C@@H](C)C(=O)N[C@@H](Cc1ccc(S(=O)(=O)[O-])cc1)C(=O)N1CCC[C@H]1C(=O)NC1CCc2c(F)cccc21. The lowest BCUT2D eigenvalue weighted by atomic mass is 10.0. The van der Waals surface area contributed by atoms with E-state index in [0.29, 0.717) is 49.8 Å². The van der Waals surface area contributed by atoms with Crippen LogP contribution in [-0.2, 0) is 37.3 Å². The average Bonchev–Trinajstić information content (AvgIpc) is 3.55. The van der Waals surface area contributed by atoms with E-state index in [1.807, 2.05) is 6.92 Å². The highest BCUT2D eigenvalue weighted by Crippen LogP contribution is 2.33. The molecule has 11 heteroatoms. The van der Waals surface area contributed by atoms with Crippen molar-refractivity contribution in [3.63, 3.8) is 0 Å². The molecule has 3 amide bonds. The molecule has 1 unspecified atom stereocenters. The maximum Gasteiger partial charge on any atom is 0.246 e. The van der Waals surface area contributed by atoms with Crippen molar-refractivity contribution in [1.29, 1.82) is 0 Å². The second-order valence-electron chi connectivity index (χ2n) is 10.3. The number of halogens is 1. The summed E-state index contributed by atoms with van der Waals surface area (Å²) in [4.78, 5) is 40.9. The highest BCUT2D eigenvalue weighted by Gasteiger charge is 2.39. The molecule has 39 heavy (non-hydrogen) atoms. The van der Waals surface area contributed by atoms with Crippen LogP contribution in [0.25, 0.3) is 0 Å². The van der Waals surface area contributed by atoms with E-state index in [1.54, 1.807) is 19.1 Å². The average molecular weight is 559 g/mol. The monoisotopic (exact) mass is 558 g/mol. The molecule has 1 aliphatic carbocycles. The second kappa shape index (κ2) is 11.8. The van der Waals surface area contributed by atoms with Gasteiger partial charge in [-0.2, -0.15) is 0 Å². The standard InChI is InChI=1S/C28H34FN3O6S/c1-3-17(2)26(33)31-24(16-18-9-11-19(12-10-18)39(36,37)38)28(35)32-15-5-8-25(32)27(34)30-23-14-13-20-21(23)6-4-7-22(20)29/h4,6-7,9-12,17,23-25H,3,5,8,13-16H2,1-2H3,(H,30,34)(H,31,33)(H,36,37,38)/p-1/t17-,23?,24+,25+/m1/s1. The Bertz CT molecular complexity index is 1350. The van der Waals surface area contributed by atoms with Gasteiger partial charge in [0.1, 0.15) is 28.0 Å². The van der Waals surface area contributed by atoms with Gasteiger partial charge in [-0.15, -0.1) is 0 Å². The summed E-state index contributed by atoms with van der Waals surface area (Å²) in [5.74, 6) is -1.67. The van der Waals surface area contributed by atoms with Gasteiger partial charge in [-0.25, -0.2) is 12.8 Å². The van der Waals surface area contributed by atoms with Crippen LogP contribution in [0.15, 0.2) is 47.4 Å². The maximum absolute atomic E-state index is 14.2. The van der Waals surface area contributed by atoms with Gasteiger partial charge in [-0.3, -0.25) is 14.4 Å². The Morgan fingerprint density at radius 1 is 1.13 bits per heavy atom. The zero-order valence-electron chi connectivity index (χ0n) is 22.0. The second-order valence-corrected chi connectivity index (χ2v) is 11.6. The van der Waals surface area contributed by atoms with Gasteiger partial charge in [0.25, 0.3) is 0 Å². The molecular formula is C28H33FN3O6S-. The molecule has 9 nitrogen and oxygen atoms in total. The van der Waals surface area contributed by atoms with Crippen molar-refractivity contribution >= 4 is 27.8 Å². The Labute approximate surface area is 227 Å². The van der Waals surface area contributed by atoms with Gasteiger partial charge < -0.3 is 20.1 Å². The summed E-state index contributed by atoms with van der Waals surface area (Å²) >= 11 is 0. The fourth-order valence-electron chi connectivity index (χ4n) is 5.26. The van der Waals surface area contributed by atoms with Crippen LogP contribution in [0.1, 0.15) is 62.3 Å². The smallest absolute Gasteiger partial charge is 0.246 e. The molecule has 2 aromatic rings. The maximum atomic E-state index is 14.2. The highest BCUT2D eigenvalue weighted by atomic mass is 32.2. The number of fused-ring (bicyclic) bond motifs is 1. The largest absolute Gasteiger partial charge is 0.744 e. The van der Waals surface area contributed by atoms with Crippen molar-refractivity contribution in [2.45, 2.75) is 75.4 Å². The number of benzene rings is 2. The Morgan fingerprint density at radius 2 is 1.85 bits per heavy atom. The first-order valence-corrected chi connectivity index (χ1v) is 14.6. The van der Waals surface area contributed by atoms with Crippen molar-refractivity contribution in [2.75, 3.05) is 6.54 Å². The third kappa shape index (κ3) is 6.47. The van der Waals surface area contributed by atoms with Crippen molar-refractivity contribution in [3.05, 3.63) is 65.0 Å². The van der Waals surface area contributed by atoms with E-state index in [9.17, 15) is 31.7 Å². The Balaban J connectivity index is 1.51. The molecule has 4 rings (SSSR count). The van der Waals surface area contributed by atoms with Crippen LogP contribution < -0.4 is 10.6 Å². The van der Waals surface area contributed by atoms with E-state index in [0.717, 1.165) is 5.56 Å². The predicted molar refractivity (Wildman–Crippen MR) is 140 cm³/mol. The van der Waals surface area contributed by atoms with Gasteiger partial charge in [-0.1, -0.05) is 38.1 Å². The van der Waals surface area contributed by atoms with Crippen LogP contribution in [0, 0.1) is 11.7 Å². The molecule has 4 atom stereocenters. The summed E-state index contributed by atoms with van der Waals surface area (Å²) in [6.07, 6.45) is 2.80. The van der Waals surface area contributed by atoms with Crippen molar-refractivity contribution in [3.8, 4) is 0 Å². The first kappa shape index (κ1) is 28.7. The molecule has 2 N–H and O–H groups in total. The van der Waals surface area contributed by atoms with E-state index in [4.69, 9.17) is 0 Å². The minimum absolute atomic E-state index is 0.0559. The summed E-state index contributed by atoms with van der Waals surface area (Å²) in [7, 11) is -4.62. The first-order valence-electron chi connectivity index (χ1n) is 13.2. The molecule has 1 fully saturated rings. The molecule has 1 aliphatic heterocycles.